The Labute approximate surface area is 122 Å². The van der Waals surface area contributed by atoms with E-state index in [0.717, 1.165) is 18.1 Å². The Morgan fingerprint density at radius 2 is 2.05 bits per heavy atom. The number of hydrogen-bond acceptors (Lipinski definition) is 2. The summed E-state index contributed by atoms with van der Waals surface area (Å²) in [6.45, 7) is 1.94. The predicted molar refractivity (Wildman–Crippen MR) is 75.8 cm³/mol. The Kier molecular flexibility index (Phi) is 4.47. The second-order valence-corrected chi connectivity index (χ2v) is 5.82. The average molecular weight is 345 g/mol. The highest BCUT2D eigenvalue weighted by atomic mass is 79.9. The zero-order valence-electron chi connectivity index (χ0n) is 10.2. The lowest BCUT2D eigenvalue weighted by molar-refractivity contribution is 0.0993. The monoisotopic (exact) mass is 344 g/mol. The highest BCUT2D eigenvalue weighted by molar-refractivity contribution is 9.10. The molecule has 0 saturated heterocycles. The minimum absolute atomic E-state index is 0.165. The van der Waals surface area contributed by atoms with Gasteiger partial charge in [-0.05, 0) is 51.5 Å². The fourth-order valence-corrected chi connectivity index (χ4v) is 3.14. The summed E-state index contributed by atoms with van der Waals surface area (Å²) in [5.41, 5.74) is 0.737. The van der Waals surface area contributed by atoms with E-state index < -0.39 is 11.6 Å². The molecule has 5 heteroatoms. The minimum Gasteiger partial charge on any atom is -0.293 e. The molecule has 0 fully saturated rings. The minimum atomic E-state index is -0.706. The van der Waals surface area contributed by atoms with Crippen LogP contribution in [-0.2, 0) is 12.8 Å². The molecule has 0 aliphatic rings. The van der Waals surface area contributed by atoms with Gasteiger partial charge in [0, 0.05) is 12.0 Å². The van der Waals surface area contributed by atoms with E-state index in [-0.39, 0.29) is 22.2 Å². The zero-order chi connectivity index (χ0) is 14.0. The van der Waals surface area contributed by atoms with Crippen LogP contribution in [0.2, 0.25) is 0 Å². The Morgan fingerprint density at radius 3 is 2.74 bits per heavy atom. The van der Waals surface area contributed by atoms with Crippen molar-refractivity contribution in [2.24, 2.45) is 0 Å². The van der Waals surface area contributed by atoms with E-state index in [4.69, 9.17) is 0 Å². The van der Waals surface area contributed by atoms with Crippen LogP contribution in [-0.4, -0.2) is 5.78 Å². The molecular formula is C14H11BrF2OS. The number of benzene rings is 1. The molecule has 0 bridgehead atoms. The Hall–Kier alpha value is -1.07. The lowest BCUT2D eigenvalue weighted by atomic mass is 10.0. The van der Waals surface area contributed by atoms with Gasteiger partial charge in [-0.2, -0.15) is 0 Å². The summed E-state index contributed by atoms with van der Waals surface area (Å²) in [4.78, 5) is 12.7. The van der Waals surface area contributed by atoms with Crippen molar-refractivity contribution in [1.29, 1.82) is 0 Å². The maximum absolute atomic E-state index is 13.8. The molecule has 0 aliphatic carbocycles. The van der Waals surface area contributed by atoms with Crippen molar-refractivity contribution in [2.75, 3.05) is 0 Å². The van der Waals surface area contributed by atoms with Gasteiger partial charge in [-0.1, -0.05) is 6.92 Å². The molecule has 0 aliphatic heterocycles. The van der Waals surface area contributed by atoms with Crippen LogP contribution in [0.25, 0.3) is 0 Å². The Balaban J connectivity index is 2.32. The van der Waals surface area contributed by atoms with Gasteiger partial charge < -0.3 is 0 Å². The van der Waals surface area contributed by atoms with Crippen LogP contribution < -0.4 is 0 Å². The molecular weight excluding hydrogens is 334 g/mol. The molecule has 0 saturated carbocycles. The summed E-state index contributed by atoms with van der Waals surface area (Å²) in [5.74, 6) is -1.64. The topological polar surface area (TPSA) is 17.1 Å². The first kappa shape index (κ1) is 14.3. The lowest BCUT2D eigenvalue weighted by Crippen LogP contribution is -2.08. The summed E-state index contributed by atoms with van der Waals surface area (Å²) < 4.78 is 27.6. The number of hydrogen-bond donors (Lipinski definition) is 0. The maximum Gasteiger partial charge on any atom is 0.177 e. The molecule has 1 aromatic heterocycles. The Morgan fingerprint density at radius 1 is 1.32 bits per heavy atom. The van der Waals surface area contributed by atoms with Crippen molar-refractivity contribution in [3.05, 3.63) is 55.7 Å². The summed E-state index contributed by atoms with van der Waals surface area (Å²) in [6.07, 6.45) is 0.471. The average Bonchev–Trinajstić information content (AvgIpc) is 2.87. The van der Waals surface area contributed by atoms with Gasteiger partial charge in [0.15, 0.2) is 5.78 Å². The van der Waals surface area contributed by atoms with Gasteiger partial charge in [0.05, 0.1) is 9.35 Å². The SMILES string of the molecule is CCc1ccsc1C(=O)Cc1c(F)ccc(Br)c1F. The summed E-state index contributed by atoms with van der Waals surface area (Å²) in [6, 6.07) is 4.32. The summed E-state index contributed by atoms with van der Waals surface area (Å²) in [7, 11) is 0. The number of rotatable bonds is 4. The number of carbonyl (C=O) groups excluding carboxylic acids is 1. The fourth-order valence-electron chi connectivity index (χ4n) is 1.83. The van der Waals surface area contributed by atoms with Gasteiger partial charge in [-0.3, -0.25) is 4.79 Å². The van der Waals surface area contributed by atoms with E-state index >= 15 is 0 Å². The van der Waals surface area contributed by atoms with E-state index in [1.807, 2.05) is 18.4 Å². The first-order chi connectivity index (χ1) is 9.04. The van der Waals surface area contributed by atoms with Gasteiger partial charge >= 0.3 is 0 Å². The molecule has 19 heavy (non-hydrogen) atoms. The molecule has 2 aromatic rings. The molecule has 1 nitrogen and oxygen atoms in total. The van der Waals surface area contributed by atoms with Crippen molar-refractivity contribution >= 4 is 33.0 Å². The normalized spacial score (nSPS) is 10.7. The van der Waals surface area contributed by atoms with E-state index in [0.29, 0.717) is 4.88 Å². The van der Waals surface area contributed by atoms with Crippen molar-refractivity contribution in [2.45, 2.75) is 19.8 Å². The van der Waals surface area contributed by atoms with Gasteiger partial charge in [0.2, 0.25) is 0 Å². The number of halogens is 3. The first-order valence-electron chi connectivity index (χ1n) is 5.76. The van der Waals surface area contributed by atoms with Crippen LogP contribution in [0.5, 0.6) is 0 Å². The molecule has 0 spiro atoms. The van der Waals surface area contributed by atoms with Crippen LogP contribution in [0.4, 0.5) is 8.78 Å². The van der Waals surface area contributed by atoms with Gasteiger partial charge in [-0.25, -0.2) is 8.78 Å². The smallest absolute Gasteiger partial charge is 0.177 e. The third-order valence-electron chi connectivity index (χ3n) is 2.86. The summed E-state index contributed by atoms with van der Waals surface area (Å²) >= 11 is 4.31. The first-order valence-corrected chi connectivity index (χ1v) is 7.43. The summed E-state index contributed by atoms with van der Waals surface area (Å²) in [5, 5.41) is 1.82. The van der Waals surface area contributed by atoms with Gasteiger partial charge in [0.1, 0.15) is 11.6 Å². The third-order valence-corrected chi connectivity index (χ3v) is 4.47. The van der Waals surface area contributed by atoms with Crippen molar-refractivity contribution in [3.63, 3.8) is 0 Å². The van der Waals surface area contributed by atoms with Gasteiger partial charge in [-0.15, -0.1) is 11.3 Å². The van der Waals surface area contributed by atoms with Crippen molar-refractivity contribution in [3.8, 4) is 0 Å². The van der Waals surface area contributed by atoms with Crippen molar-refractivity contribution in [1.82, 2.24) is 0 Å². The highest BCUT2D eigenvalue weighted by Gasteiger charge is 2.19. The highest BCUT2D eigenvalue weighted by Crippen LogP contribution is 2.25. The second-order valence-electron chi connectivity index (χ2n) is 4.05. The maximum atomic E-state index is 13.8. The Bertz CT molecular complexity index is 622. The predicted octanol–water partition coefficient (Wildman–Crippen LogP) is 4.78. The van der Waals surface area contributed by atoms with Crippen LogP contribution in [0, 0.1) is 11.6 Å². The quantitative estimate of drug-likeness (QED) is 0.576. The third kappa shape index (κ3) is 2.92. The number of thiophene rings is 1. The lowest BCUT2D eigenvalue weighted by Gasteiger charge is -2.06. The van der Waals surface area contributed by atoms with E-state index in [2.05, 4.69) is 15.9 Å². The molecule has 0 radical (unpaired) electrons. The molecule has 2 rings (SSSR count). The van der Waals surface area contributed by atoms with E-state index in [1.165, 1.54) is 17.4 Å². The molecule has 0 unspecified atom stereocenters. The van der Waals surface area contributed by atoms with E-state index in [9.17, 15) is 13.6 Å². The molecule has 0 atom stereocenters. The molecule has 1 heterocycles. The molecule has 0 amide bonds. The molecule has 100 valence electrons. The van der Waals surface area contributed by atoms with Crippen molar-refractivity contribution < 1.29 is 13.6 Å². The second kappa shape index (κ2) is 5.92. The zero-order valence-corrected chi connectivity index (χ0v) is 12.6. The number of ketones is 1. The van der Waals surface area contributed by atoms with E-state index in [1.54, 1.807) is 0 Å². The van der Waals surface area contributed by atoms with Crippen LogP contribution >= 0.6 is 27.3 Å². The standard InChI is InChI=1S/C14H11BrF2OS/c1-2-8-5-6-19-14(8)12(18)7-9-11(16)4-3-10(15)13(9)17/h3-6H,2,7H2,1H3. The molecule has 0 N–H and O–H groups in total. The van der Waals surface area contributed by atoms with Gasteiger partial charge in [0.25, 0.3) is 0 Å². The number of Topliss-reactive ketones (excluding diaryl/α,β-unsaturated/α-hetero) is 1. The van der Waals surface area contributed by atoms with Crippen LogP contribution in [0.15, 0.2) is 28.1 Å². The number of aryl methyl sites for hydroxylation is 1. The van der Waals surface area contributed by atoms with Crippen LogP contribution in [0.1, 0.15) is 27.7 Å². The number of carbonyl (C=O) groups is 1. The largest absolute Gasteiger partial charge is 0.293 e. The van der Waals surface area contributed by atoms with Crippen LogP contribution in [0.3, 0.4) is 0 Å². The fraction of sp³-hybridized carbons (Fsp3) is 0.214. The molecule has 1 aromatic carbocycles.